The molecule has 2 fully saturated rings. The Morgan fingerprint density at radius 3 is 2.74 bits per heavy atom. The third-order valence-corrected chi connectivity index (χ3v) is 7.12. The molecule has 166 valence electrons. The standard InChI is InChI=1S/C24H27Cl2NO4/c1-30-20-8-3-2-6-17(20)23-18-7-4-5-11-24(18,29)12-13-27(23)22(28)15-31-21-10-9-16(25)14-19(21)26/h2-3,6,8-10,14,18,23,29H,4-5,7,11-13,15H2,1H3/t18-,23+,24-/m0/s1. The number of para-hydroxylation sites is 1. The Morgan fingerprint density at radius 1 is 1.16 bits per heavy atom. The van der Waals surface area contributed by atoms with E-state index in [9.17, 15) is 9.90 Å². The van der Waals surface area contributed by atoms with Crippen LogP contribution in [0.5, 0.6) is 11.5 Å². The molecule has 3 atom stereocenters. The molecule has 5 nitrogen and oxygen atoms in total. The molecule has 1 heterocycles. The second-order valence-electron chi connectivity index (χ2n) is 8.34. The molecule has 1 aliphatic heterocycles. The van der Waals surface area contributed by atoms with Crippen molar-refractivity contribution < 1.29 is 19.4 Å². The Bertz CT molecular complexity index is 953. The van der Waals surface area contributed by atoms with E-state index in [1.165, 1.54) is 0 Å². The van der Waals surface area contributed by atoms with Crippen LogP contribution >= 0.6 is 23.2 Å². The van der Waals surface area contributed by atoms with Gasteiger partial charge in [0.05, 0.1) is 23.8 Å². The number of benzene rings is 2. The van der Waals surface area contributed by atoms with Gasteiger partial charge in [0.25, 0.3) is 5.91 Å². The Hall–Kier alpha value is -1.95. The summed E-state index contributed by atoms with van der Waals surface area (Å²) in [6, 6.07) is 12.4. The minimum atomic E-state index is -0.763. The monoisotopic (exact) mass is 463 g/mol. The van der Waals surface area contributed by atoms with Crippen LogP contribution in [0.3, 0.4) is 0 Å². The Morgan fingerprint density at radius 2 is 1.97 bits per heavy atom. The van der Waals surface area contributed by atoms with Crippen LogP contribution in [-0.2, 0) is 4.79 Å². The third-order valence-electron chi connectivity index (χ3n) is 6.59. The first-order chi connectivity index (χ1) is 14.9. The molecule has 0 unspecified atom stereocenters. The number of piperidine rings is 1. The number of amides is 1. The average molecular weight is 464 g/mol. The van der Waals surface area contributed by atoms with E-state index in [1.54, 1.807) is 25.3 Å². The van der Waals surface area contributed by atoms with Crippen molar-refractivity contribution in [2.45, 2.75) is 43.7 Å². The van der Waals surface area contributed by atoms with Crippen LogP contribution in [0.2, 0.25) is 10.0 Å². The molecule has 4 rings (SSSR count). The Kier molecular flexibility index (Phi) is 6.65. The highest BCUT2D eigenvalue weighted by Crippen LogP contribution is 2.50. The van der Waals surface area contributed by atoms with Crippen LogP contribution < -0.4 is 9.47 Å². The van der Waals surface area contributed by atoms with Crippen LogP contribution in [0.15, 0.2) is 42.5 Å². The molecule has 1 aliphatic carbocycles. The first-order valence-corrected chi connectivity index (χ1v) is 11.4. The van der Waals surface area contributed by atoms with Crippen molar-refractivity contribution in [2.75, 3.05) is 20.3 Å². The zero-order valence-corrected chi connectivity index (χ0v) is 19.0. The number of aliphatic hydroxyl groups is 1. The van der Waals surface area contributed by atoms with Crippen LogP contribution in [0.4, 0.5) is 0 Å². The largest absolute Gasteiger partial charge is 0.496 e. The van der Waals surface area contributed by atoms with Crippen molar-refractivity contribution in [1.29, 1.82) is 0 Å². The highest BCUT2D eigenvalue weighted by molar-refractivity contribution is 6.35. The molecule has 0 radical (unpaired) electrons. The predicted octanol–water partition coefficient (Wildman–Crippen LogP) is 5.28. The summed E-state index contributed by atoms with van der Waals surface area (Å²) in [6.07, 6.45) is 4.25. The number of halogens is 2. The van der Waals surface area contributed by atoms with Crippen molar-refractivity contribution >= 4 is 29.1 Å². The molecule has 0 spiro atoms. The maximum absolute atomic E-state index is 13.3. The smallest absolute Gasteiger partial charge is 0.261 e. The molecule has 1 saturated carbocycles. The molecule has 7 heteroatoms. The molecule has 1 N–H and O–H groups in total. The van der Waals surface area contributed by atoms with Gasteiger partial charge < -0.3 is 19.5 Å². The van der Waals surface area contributed by atoms with Crippen LogP contribution in [0.25, 0.3) is 0 Å². The van der Waals surface area contributed by atoms with E-state index in [4.69, 9.17) is 32.7 Å². The minimum Gasteiger partial charge on any atom is -0.496 e. The number of ether oxygens (including phenoxy) is 2. The van der Waals surface area contributed by atoms with Crippen LogP contribution in [0, 0.1) is 5.92 Å². The maximum Gasteiger partial charge on any atom is 0.261 e. The summed E-state index contributed by atoms with van der Waals surface area (Å²) in [6.45, 7) is 0.324. The Balaban J connectivity index is 1.62. The summed E-state index contributed by atoms with van der Waals surface area (Å²) in [5.41, 5.74) is 0.161. The second kappa shape index (κ2) is 9.27. The topological polar surface area (TPSA) is 59.0 Å². The van der Waals surface area contributed by atoms with Crippen molar-refractivity contribution in [3.05, 3.63) is 58.1 Å². The van der Waals surface area contributed by atoms with Crippen LogP contribution in [-0.4, -0.2) is 41.8 Å². The lowest BCUT2D eigenvalue weighted by Gasteiger charge is -2.52. The van der Waals surface area contributed by atoms with Crippen molar-refractivity contribution in [3.8, 4) is 11.5 Å². The Labute approximate surface area is 192 Å². The summed E-state index contributed by atoms with van der Waals surface area (Å²) in [5.74, 6) is 0.949. The molecule has 31 heavy (non-hydrogen) atoms. The number of fused-ring (bicyclic) bond motifs is 1. The molecule has 1 amide bonds. The minimum absolute atomic E-state index is 0.0469. The fraction of sp³-hybridized carbons (Fsp3) is 0.458. The van der Waals surface area contributed by atoms with E-state index in [0.29, 0.717) is 28.8 Å². The van der Waals surface area contributed by atoms with E-state index >= 15 is 0 Å². The lowest BCUT2D eigenvalue weighted by atomic mass is 9.66. The number of hydrogen-bond donors (Lipinski definition) is 1. The number of likely N-dealkylation sites (tertiary alicyclic amines) is 1. The maximum atomic E-state index is 13.3. The van der Waals surface area contributed by atoms with E-state index in [-0.39, 0.29) is 24.5 Å². The normalized spacial score (nSPS) is 25.6. The van der Waals surface area contributed by atoms with Gasteiger partial charge in [0.1, 0.15) is 11.5 Å². The van der Waals surface area contributed by atoms with E-state index in [0.717, 1.165) is 37.0 Å². The van der Waals surface area contributed by atoms with Gasteiger partial charge in [-0.15, -0.1) is 0 Å². The fourth-order valence-corrected chi connectivity index (χ4v) is 5.53. The summed E-state index contributed by atoms with van der Waals surface area (Å²) in [4.78, 5) is 15.2. The average Bonchev–Trinajstić information content (AvgIpc) is 2.77. The van der Waals surface area contributed by atoms with Crippen molar-refractivity contribution in [3.63, 3.8) is 0 Å². The summed E-state index contributed by atoms with van der Waals surface area (Å²) >= 11 is 12.1. The summed E-state index contributed by atoms with van der Waals surface area (Å²) < 4.78 is 11.3. The summed E-state index contributed by atoms with van der Waals surface area (Å²) in [7, 11) is 1.63. The lowest BCUT2D eigenvalue weighted by molar-refractivity contribution is -0.157. The number of rotatable bonds is 5. The molecular weight excluding hydrogens is 437 g/mol. The molecule has 2 aromatic carbocycles. The van der Waals surface area contributed by atoms with Gasteiger partial charge >= 0.3 is 0 Å². The van der Waals surface area contributed by atoms with Gasteiger partial charge in [-0.3, -0.25) is 4.79 Å². The van der Waals surface area contributed by atoms with E-state index in [2.05, 4.69) is 0 Å². The molecule has 0 aromatic heterocycles. The zero-order chi connectivity index (χ0) is 22.0. The number of hydrogen-bond acceptors (Lipinski definition) is 4. The zero-order valence-electron chi connectivity index (χ0n) is 17.5. The van der Waals surface area contributed by atoms with Gasteiger partial charge in [-0.2, -0.15) is 0 Å². The molecule has 2 aliphatic rings. The molecular formula is C24H27Cl2NO4. The highest BCUT2D eigenvalue weighted by Gasteiger charge is 2.50. The first kappa shape index (κ1) is 22.3. The predicted molar refractivity (Wildman–Crippen MR) is 121 cm³/mol. The quantitative estimate of drug-likeness (QED) is 0.655. The van der Waals surface area contributed by atoms with Gasteiger partial charge in [-0.25, -0.2) is 0 Å². The van der Waals surface area contributed by atoms with E-state index < -0.39 is 5.60 Å². The SMILES string of the molecule is COc1ccccc1[C@@H]1[C@@H]2CCCC[C@]2(O)CCN1C(=O)COc1ccc(Cl)cc1Cl. The van der Waals surface area contributed by atoms with Gasteiger partial charge in [0.15, 0.2) is 6.61 Å². The molecule has 2 aromatic rings. The molecule has 1 saturated heterocycles. The number of carbonyl (C=O) groups is 1. The second-order valence-corrected chi connectivity index (χ2v) is 9.19. The fourth-order valence-electron chi connectivity index (χ4n) is 5.07. The lowest BCUT2D eigenvalue weighted by Crippen LogP contribution is -2.57. The van der Waals surface area contributed by atoms with Crippen molar-refractivity contribution in [1.82, 2.24) is 4.90 Å². The first-order valence-electron chi connectivity index (χ1n) is 10.7. The number of nitrogens with zero attached hydrogens (tertiary/aromatic N) is 1. The van der Waals surface area contributed by atoms with Crippen molar-refractivity contribution in [2.24, 2.45) is 5.92 Å². The van der Waals surface area contributed by atoms with Crippen LogP contribution in [0.1, 0.15) is 43.7 Å². The number of methoxy groups -OCH3 is 1. The van der Waals surface area contributed by atoms with Gasteiger partial charge in [0.2, 0.25) is 0 Å². The third kappa shape index (κ3) is 4.50. The highest BCUT2D eigenvalue weighted by atomic mass is 35.5. The van der Waals surface area contributed by atoms with Gasteiger partial charge in [-0.05, 0) is 43.5 Å². The van der Waals surface area contributed by atoms with E-state index in [1.807, 2.05) is 29.2 Å². The van der Waals surface area contributed by atoms with Gasteiger partial charge in [-0.1, -0.05) is 54.2 Å². The molecule has 0 bridgehead atoms. The summed E-state index contributed by atoms with van der Waals surface area (Å²) in [5, 5.41) is 12.3. The van der Waals surface area contributed by atoms with Gasteiger partial charge in [0, 0.05) is 23.0 Å². The number of carbonyl (C=O) groups excluding carboxylic acids is 1.